The predicted octanol–water partition coefficient (Wildman–Crippen LogP) is 7.44. The molecule has 0 heterocycles. The van der Waals surface area contributed by atoms with Crippen molar-refractivity contribution < 1.29 is 5.11 Å². The summed E-state index contributed by atoms with van der Waals surface area (Å²) >= 11 is 0. The van der Waals surface area contributed by atoms with E-state index in [0.717, 1.165) is 11.3 Å². The van der Waals surface area contributed by atoms with E-state index in [1.54, 1.807) is 0 Å². The van der Waals surface area contributed by atoms with E-state index in [1.165, 1.54) is 48.8 Å². The smallest absolute Gasteiger partial charge is 0.124 e. The van der Waals surface area contributed by atoms with Crippen molar-refractivity contribution in [2.75, 3.05) is 0 Å². The third-order valence-electron chi connectivity index (χ3n) is 5.80. The molecule has 2 heteroatoms. The lowest BCUT2D eigenvalue weighted by Gasteiger charge is -2.22. The van der Waals surface area contributed by atoms with Gasteiger partial charge in [0, 0.05) is 11.8 Å². The van der Waals surface area contributed by atoms with Gasteiger partial charge in [-0.05, 0) is 59.4 Å². The van der Waals surface area contributed by atoms with Crippen LogP contribution < -0.4 is 0 Å². The summed E-state index contributed by atoms with van der Waals surface area (Å²) in [5.74, 6) is 1.77. The van der Waals surface area contributed by atoms with Crippen molar-refractivity contribution in [3.05, 3.63) is 58.7 Å². The number of rotatable bonds is 5. The zero-order chi connectivity index (χ0) is 19.4. The van der Waals surface area contributed by atoms with Crippen LogP contribution in [0.1, 0.15) is 99.8 Å². The highest BCUT2D eigenvalue weighted by Gasteiger charge is 2.17. The summed E-state index contributed by atoms with van der Waals surface area (Å²) in [5.41, 5.74) is 5.76. The molecule has 1 fully saturated rings. The average Bonchev–Trinajstić information content (AvgIpc) is 2.67. The molecule has 0 radical (unpaired) electrons. The summed E-state index contributed by atoms with van der Waals surface area (Å²) in [5, 5.41) is 10.4. The van der Waals surface area contributed by atoms with Crippen molar-refractivity contribution in [2.45, 2.75) is 77.6 Å². The van der Waals surface area contributed by atoms with Gasteiger partial charge in [0.15, 0.2) is 0 Å². The van der Waals surface area contributed by atoms with Crippen LogP contribution in [0, 0.1) is 0 Å². The van der Waals surface area contributed by atoms with Crippen LogP contribution in [0.15, 0.2) is 41.4 Å². The van der Waals surface area contributed by atoms with Crippen molar-refractivity contribution in [3.63, 3.8) is 0 Å². The molecule has 0 aliphatic heterocycles. The molecular weight excluding hydrogens is 330 g/mol. The van der Waals surface area contributed by atoms with Gasteiger partial charge in [-0.3, -0.25) is 4.99 Å². The molecule has 0 atom stereocenters. The van der Waals surface area contributed by atoms with Crippen LogP contribution in [0.2, 0.25) is 0 Å². The highest BCUT2D eigenvalue weighted by atomic mass is 16.3. The molecule has 2 nitrogen and oxygen atoms in total. The molecule has 0 aromatic heterocycles. The van der Waals surface area contributed by atoms with Crippen LogP contribution in [-0.4, -0.2) is 11.3 Å². The van der Waals surface area contributed by atoms with Gasteiger partial charge in [-0.15, -0.1) is 0 Å². The third-order valence-corrected chi connectivity index (χ3v) is 5.80. The van der Waals surface area contributed by atoms with Crippen molar-refractivity contribution in [1.29, 1.82) is 0 Å². The van der Waals surface area contributed by atoms with Crippen molar-refractivity contribution in [3.8, 4) is 5.75 Å². The van der Waals surface area contributed by atoms with E-state index in [1.807, 2.05) is 12.3 Å². The van der Waals surface area contributed by atoms with Gasteiger partial charge in [0.2, 0.25) is 0 Å². The van der Waals surface area contributed by atoms with Gasteiger partial charge in [0.25, 0.3) is 0 Å². The molecule has 144 valence electrons. The predicted molar refractivity (Wildman–Crippen MR) is 116 cm³/mol. The van der Waals surface area contributed by atoms with E-state index < -0.39 is 0 Å². The molecule has 0 amide bonds. The molecule has 0 saturated heterocycles. The number of aromatic hydroxyl groups is 1. The molecule has 0 bridgehead atoms. The number of benzene rings is 2. The fraction of sp³-hybridized carbons (Fsp3) is 0.480. The van der Waals surface area contributed by atoms with Gasteiger partial charge < -0.3 is 5.11 Å². The number of hydrogen-bond acceptors (Lipinski definition) is 2. The van der Waals surface area contributed by atoms with E-state index in [4.69, 9.17) is 4.99 Å². The van der Waals surface area contributed by atoms with Crippen molar-refractivity contribution in [2.24, 2.45) is 4.99 Å². The Morgan fingerprint density at radius 2 is 1.56 bits per heavy atom. The fourth-order valence-corrected chi connectivity index (χ4v) is 4.16. The average molecular weight is 364 g/mol. The number of aliphatic imine (C=N–C) groups is 1. The Bertz CT molecular complexity index is 772. The maximum atomic E-state index is 10.4. The molecule has 27 heavy (non-hydrogen) atoms. The van der Waals surface area contributed by atoms with Crippen molar-refractivity contribution >= 4 is 11.9 Å². The Labute approximate surface area is 164 Å². The van der Waals surface area contributed by atoms with Crippen LogP contribution in [0.25, 0.3) is 0 Å². The Hall–Kier alpha value is -2.09. The Kier molecular flexibility index (Phi) is 6.36. The largest absolute Gasteiger partial charge is 0.507 e. The summed E-state index contributed by atoms with van der Waals surface area (Å²) in [4.78, 5) is 4.88. The molecule has 1 saturated carbocycles. The molecule has 1 aliphatic carbocycles. The number of para-hydroxylation sites is 1. The SMILES string of the molecule is CC(C)c1cccc(C(C)C)c1N=Cc1cc(C2CCCCC2)ccc1O. The molecule has 2 aromatic rings. The first kappa shape index (κ1) is 19.7. The molecule has 3 rings (SSSR count). The first-order chi connectivity index (χ1) is 13.0. The van der Waals surface area contributed by atoms with Gasteiger partial charge in [-0.25, -0.2) is 0 Å². The number of nitrogens with zero attached hydrogens (tertiary/aromatic N) is 1. The minimum atomic E-state index is 0.312. The van der Waals surface area contributed by atoms with Gasteiger partial charge in [-0.2, -0.15) is 0 Å². The normalized spacial score (nSPS) is 15.9. The fourth-order valence-electron chi connectivity index (χ4n) is 4.16. The van der Waals surface area contributed by atoms with Crippen LogP contribution in [0.3, 0.4) is 0 Å². The van der Waals surface area contributed by atoms with E-state index in [0.29, 0.717) is 23.5 Å². The van der Waals surface area contributed by atoms with Gasteiger partial charge in [0.05, 0.1) is 5.69 Å². The first-order valence-electron chi connectivity index (χ1n) is 10.5. The third kappa shape index (κ3) is 4.61. The Morgan fingerprint density at radius 3 is 2.15 bits per heavy atom. The molecule has 0 spiro atoms. The summed E-state index contributed by atoms with van der Waals surface area (Å²) in [6, 6.07) is 12.5. The second kappa shape index (κ2) is 8.73. The summed E-state index contributed by atoms with van der Waals surface area (Å²) in [6.45, 7) is 8.83. The quantitative estimate of drug-likeness (QED) is 0.550. The lowest BCUT2D eigenvalue weighted by Crippen LogP contribution is -2.04. The Morgan fingerprint density at radius 1 is 0.926 bits per heavy atom. The van der Waals surface area contributed by atoms with Gasteiger partial charge >= 0.3 is 0 Å². The second-order valence-electron chi connectivity index (χ2n) is 8.51. The monoisotopic (exact) mass is 363 g/mol. The summed E-state index contributed by atoms with van der Waals surface area (Å²) < 4.78 is 0. The standard InChI is InChI=1S/C25H33NO/c1-17(2)22-11-8-12-23(18(3)4)25(22)26-16-21-15-20(13-14-24(21)27)19-9-6-5-7-10-19/h8,11-19,27H,5-7,9-10H2,1-4H3. The van der Waals surface area contributed by atoms with Crippen molar-refractivity contribution in [1.82, 2.24) is 0 Å². The van der Waals surface area contributed by atoms with Crippen LogP contribution in [-0.2, 0) is 0 Å². The zero-order valence-corrected chi connectivity index (χ0v) is 17.2. The van der Waals surface area contributed by atoms with Crippen LogP contribution in [0.5, 0.6) is 5.75 Å². The Balaban J connectivity index is 1.96. The highest BCUT2D eigenvalue weighted by Crippen LogP contribution is 2.36. The maximum absolute atomic E-state index is 10.4. The van der Waals surface area contributed by atoms with Gasteiger partial charge in [-0.1, -0.05) is 71.2 Å². The number of phenols is 1. The lowest BCUT2D eigenvalue weighted by molar-refractivity contribution is 0.441. The molecule has 0 unspecified atom stereocenters. The van der Waals surface area contributed by atoms with E-state index >= 15 is 0 Å². The molecular formula is C25H33NO. The van der Waals surface area contributed by atoms with E-state index in [-0.39, 0.29) is 0 Å². The van der Waals surface area contributed by atoms with E-state index in [9.17, 15) is 5.11 Å². The van der Waals surface area contributed by atoms with Gasteiger partial charge in [0.1, 0.15) is 5.75 Å². The van der Waals surface area contributed by atoms with Crippen LogP contribution in [0.4, 0.5) is 5.69 Å². The summed E-state index contributed by atoms with van der Waals surface area (Å²) in [7, 11) is 0. The lowest BCUT2D eigenvalue weighted by atomic mass is 9.83. The minimum Gasteiger partial charge on any atom is -0.507 e. The molecule has 1 N–H and O–H groups in total. The topological polar surface area (TPSA) is 32.6 Å². The molecule has 2 aromatic carbocycles. The zero-order valence-electron chi connectivity index (χ0n) is 17.2. The maximum Gasteiger partial charge on any atom is 0.124 e. The second-order valence-corrected chi connectivity index (χ2v) is 8.51. The van der Waals surface area contributed by atoms with E-state index in [2.05, 4.69) is 58.0 Å². The first-order valence-corrected chi connectivity index (χ1v) is 10.5. The van der Waals surface area contributed by atoms with Crippen LogP contribution >= 0.6 is 0 Å². The summed E-state index contributed by atoms with van der Waals surface area (Å²) in [6.07, 6.45) is 8.36. The molecule has 1 aliphatic rings. The number of hydrogen-bond donors (Lipinski definition) is 1. The highest BCUT2D eigenvalue weighted by molar-refractivity contribution is 5.86. The number of phenolic OH excluding ortho intramolecular Hbond substituents is 1. The minimum absolute atomic E-state index is 0.312.